The zero-order chi connectivity index (χ0) is 14.8. The average Bonchev–Trinajstić information content (AvgIpc) is 3.11. The van der Waals surface area contributed by atoms with Crippen molar-refractivity contribution in [2.75, 3.05) is 19.0 Å². The van der Waals surface area contributed by atoms with Crippen LogP contribution in [0.1, 0.15) is 22.9 Å². The third-order valence-corrected chi connectivity index (χ3v) is 4.47. The summed E-state index contributed by atoms with van der Waals surface area (Å²) in [6, 6.07) is 0. The molecule has 21 heavy (non-hydrogen) atoms. The number of aromatic nitrogens is 3. The van der Waals surface area contributed by atoms with Gasteiger partial charge in [-0.25, -0.2) is 4.98 Å². The van der Waals surface area contributed by atoms with Crippen molar-refractivity contribution in [1.82, 2.24) is 14.8 Å². The van der Waals surface area contributed by atoms with Gasteiger partial charge < -0.3 is 15.2 Å². The molecule has 1 atom stereocenters. The summed E-state index contributed by atoms with van der Waals surface area (Å²) in [5, 5.41) is 17.3. The topological polar surface area (TPSA) is 89.3 Å². The zero-order valence-electron chi connectivity index (χ0n) is 11.6. The number of rotatable bonds is 6. The third-order valence-electron chi connectivity index (χ3n) is 3.42. The average molecular weight is 308 g/mol. The van der Waals surface area contributed by atoms with E-state index in [2.05, 4.69) is 15.4 Å². The molecular weight excluding hydrogens is 292 g/mol. The van der Waals surface area contributed by atoms with Crippen molar-refractivity contribution in [3.05, 3.63) is 23.0 Å². The first-order valence-corrected chi connectivity index (χ1v) is 7.50. The molecule has 1 unspecified atom stereocenters. The van der Waals surface area contributed by atoms with Crippen molar-refractivity contribution in [2.45, 2.75) is 25.3 Å². The minimum absolute atomic E-state index is 0.462. The molecule has 2 N–H and O–H groups in total. The van der Waals surface area contributed by atoms with E-state index in [1.807, 2.05) is 6.20 Å². The van der Waals surface area contributed by atoms with E-state index in [0.717, 1.165) is 22.1 Å². The largest absolute Gasteiger partial charge is 0.481 e. The Morgan fingerprint density at radius 1 is 1.67 bits per heavy atom. The first-order chi connectivity index (χ1) is 10.2. The summed E-state index contributed by atoms with van der Waals surface area (Å²) in [6.45, 7) is 1.29. The molecule has 0 radical (unpaired) electrons. The van der Waals surface area contributed by atoms with E-state index in [-0.39, 0.29) is 0 Å². The van der Waals surface area contributed by atoms with Gasteiger partial charge in [0.2, 0.25) is 0 Å². The van der Waals surface area contributed by atoms with Crippen LogP contribution in [0.5, 0.6) is 0 Å². The molecule has 7 nitrogen and oxygen atoms in total. The fourth-order valence-corrected chi connectivity index (χ4v) is 3.44. The van der Waals surface area contributed by atoms with Crippen LogP contribution in [0.25, 0.3) is 0 Å². The van der Waals surface area contributed by atoms with Crippen molar-refractivity contribution < 1.29 is 14.6 Å². The standard InChI is InChI=1S/C13H16N4O3S/c1-20-5-4-17-7-8(6-14-17)15-13-16-11-9(12(18)19)2-3-10(11)21-13/h6-7,9H,2-5H2,1H3,(H,15,16)(H,18,19). The minimum Gasteiger partial charge on any atom is -0.481 e. The lowest BCUT2D eigenvalue weighted by Gasteiger charge is -2.02. The van der Waals surface area contributed by atoms with Crippen LogP contribution in [0.4, 0.5) is 10.8 Å². The monoisotopic (exact) mass is 308 g/mol. The molecule has 0 spiro atoms. The van der Waals surface area contributed by atoms with E-state index in [1.165, 1.54) is 11.3 Å². The number of aryl methyl sites for hydroxylation is 1. The Balaban J connectivity index is 1.70. The van der Waals surface area contributed by atoms with E-state index in [0.29, 0.717) is 25.3 Å². The number of nitrogens with one attached hydrogen (secondary N) is 1. The Kier molecular flexibility index (Phi) is 3.89. The number of carboxylic acid groups (broad SMARTS) is 1. The highest BCUT2D eigenvalue weighted by Crippen LogP contribution is 2.39. The summed E-state index contributed by atoms with van der Waals surface area (Å²) in [4.78, 5) is 16.6. The first-order valence-electron chi connectivity index (χ1n) is 6.68. The Morgan fingerprint density at radius 3 is 3.29 bits per heavy atom. The fraction of sp³-hybridized carbons (Fsp3) is 0.462. The normalized spacial score (nSPS) is 16.9. The highest BCUT2D eigenvalue weighted by Gasteiger charge is 2.32. The van der Waals surface area contributed by atoms with Gasteiger partial charge in [0, 0.05) is 18.2 Å². The van der Waals surface area contributed by atoms with E-state index in [4.69, 9.17) is 9.84 Å². The maximum Gasteiger partial charge on any atom is 0.312 e. The highest BCUT2D eigenvalue weighted by atomic mass is 32.1. The summed E-state index contributed by atoms with van der Waals surface area (Å²) < 4.78 is 6.79. The van der Waals surface area contributed by atoms with Gasteiger partial charge in [0.25, 0.3) is 0 Å². The fourth-order valence-electron chi connectivity index (χ4n) is 2.38. The molecule has 2 heterocycles. The number of aliphatic carboxylic acids is 1. The summed E-state index contributed by atoms with van der Waals surface area (Å²) in [7, 11) is 1.65. The number of thiazole rings is 1. The summed E-state index contributed by atoms with van der Waals surface area (Å²) in [6.07, 6.45) is 5.04. The van der Waals surface area contributed by atoms with Crippen LogP contribution in [-0.4, -0.2) is 39.6 Å². The molecule has 1 aliphatic carbocycles. The van der Waals surface area contributed by atoms with Crippen LogP contribution in [0.15, 0.2) is 12.4 Å². The molecule has 1 aliphatic rings. The lowest BCUT2D eigenvalue weighted by molar-refractivity contribution is -0.138. The molecule has 0 amide bonds. The van der Waals surface area contributed by atoms with Crippen molar-refractivity contribution in [3.8, 4) is 0 Å². The number of anilines is 2. The van der Waals surface area contributed by atoms with E-state index >= 15 is 0 Å². The Bertz CT molecular complexity index is 652. The van der Waals surface area contributed by atoms with Crippen LogP contribution in [0.2, 0.25) is 0 Å². The predicted octanol–water partition coefficient (Wildman–Crippen LogP) is 1.84. The Labute approximate surface area is 125 Å². The molecule has 0 saturated carbocycles. The number of ether oxygens (including phenoxy) is 1. The predicted molar refractivity (Wildman–Crippen MR) is 78.2 cm³/mol. The molecule has 8 heteroatoms. The molecule has 2 aromatic heterocycles. The van der Waals surface area contributed by atoms with E-state index < -0.39 is 11.9 Å². The summed E-state index contributed by atoms with van der Waals surface area (Å²) in [5.74, 6) is -1.26. The van der Waals surface area contributed by atoms with Gasteiger partial charge >= 0.3 is 5.97 Å². The van der Waals surface area contributed by atoms with Gasteiger partial charge in [-0.1, -0.05) is 0 Å². The zero-order valence-corrected chi connectivity index (χ0v) is 12.4. The van der Waals surface area contributed by atoms with Gasteiger partial charge in [-0.2, -0.15) is 5.10 Å². The van der Waals surface area contributed by atoms with E-state index in [9.17, 15) is 4.79 Å². The maximum absolute atomic E-state index is 11.2. The van der Waals surface area contributed by atoms with Crippen LogP contribution in [-0.2, 0) is 22.5 Å². The smallest absolute Gasteiger partial charge is 0.312 e. The molecule has 112 valence electrons. The molecule has 0 saturated heterocycles. The number of hydrogen-bond donors (Lipinski definition) is 2. The lowest BCUT2D eigenvalue weighted by atomic mass is 10.1. The molecule has 2 aromatic rings. The van der Waals surface area contributed by atoms with Gasteiger partial charge in [-0.05, 0) is 12.8 Å². The summed E-state index contributed by atoms with van der Waals surface area (Å²) in [5.41, 5.74) is 1.55. The van der Waals surface area contributed by atoms with Crippen molar-refractivity contribution in [3.63, 3.8) is 0 Å². The van der Waals surface area contributed by atoms with Gasteiger partial charge in [0.1, 0.15) is 5.92 Å². The van der Waals surface area contributed by atoms with Gasteiger partial charge in [0.05, 0.1) is 30.7 Å². The molecule has 0 bridgehead atoms. The first kappa shape index (κ1) is 14.0. The number of carbonyl (C=O) groups is 1. The van der Waals surface area contributed by atoms with Gasteiger partial charge in [0.15, 0.2) is 5.13 Å². The number of nitrogens with zero attached hydrogens (tertiary/aromatic N) is 3. The Hall–Kier alpha value is -1.93. The molecule has 3 rings (SSSR count). The Morgan fingerprint density at radius 2 is 2.52 bits per heavy atom. The maximum atomic E-state index is 11.2. The molecule has 0 aliphatic heterocycles. The van der Waals surface area contributed by atoms with Crippen LogP contribution < -0.4 is 5.32 Å². The number of fused-ring (bicyclic) bond motifs is 1. The second kappa shape index (κ2) is 5.82. The van der Waals surface area contributed by atoms with E-state index in [1.54, 1.807) is 18.0 Å². The van der Waals surface area contributed by atoms with Crippen LogP contribution in [0, 0.1) is 0 Å². The quantitative estimate of drug-likeness (QED) is 0.846. The molecular formula is C13H16N4O3S. The molecule has 0 aromatic carbocycles. The van der Waals surface area contributed by atoms with Crippen LogP contribution in [0.3, 0.4) is 0 Å². The van der Waals surface area contributed by atoms with Crippen molar-refractivity contribution >= 4 is 28.1 Å². The SMILES string of the molecule is COCCn1cc(Nc2nc3c(s2)CCC3C(=O)O)cn1. The summed E-state index contributed by atoms with van der Waals surface area (Å²) >= 11 is 1.52. The number of hydrogen-bond acceptors (Lipinski definition) is 6. The third kappa shape index (κ3) is 2.91. The number of methoxy groups -OCH3 is 1. The molecule has 0 fully saturated rings. The second-order valence-corrected chi connectivity index (χ2v) is 5.95. The van der Waals surface area contributed by atoms with Gasteiger partial charge in [-0.3, -0.25) is 9.48 Å². The number of carboxylic acids is 1. The minimum atomic E-state index is -0.794. The highest BCUT2D eigenvalue weighted by molar-refractivity contribution is 7.15. The van der Waals surface area contributed by atoms with Gasteiger partial charge in [-0.15, -0.1) is 11.3 Å². The lowest BCUT2D eigenvalue weighted by Crippen LogP contribution is -2.08. The van der Waals surface area contributed by atoms with Crippen molar-refractivity contribution in [2.24, 2.45) is 0 Å². The second-order valence-electron chi connectivity index (χ2n) is 4.87. The van der Waals surface area contributed by atoms with Crippen LogP contribution >= 0.6 is 11.3 Å². The van der Waals surface area contributed by atoms with Crippen molar-refractivity contribution in [1.29, 1.82) is 0 Å².